The lowest BCUT2D eigenvalue weighted by molar-refractivity contribution is -0.115. The van der Waals surface area contributed by atoms with Gasteiger partial charge in [0.25, 0.3) is 0 Å². The lowest BCUT2D eigenvalue weighted by Gasteiger charge is -2.04. The molecule has 0 aliphatic rings. The van der Waals surface area contributed by atoms with Gasteiger partial charge in [-0.2, -0.15) is 0 Å². The number of nitrogens with one attached hydrogen (secondary N) is 1. The summed E-state index contributed by atoms with van der Waals surface area (Å²) in [5, 5.41) is 2.66. The highest BCUT2D eigenvalue weighted by Crippen LogP contribution is 2.15. The van der Waals surface area contributed by atoms with Crippen LogP contribution in [0.25, 0.3) is 11.4 Å². The monoisotopic (exact) mass is 245 g/mol. The van der Waals surface area contributed by atoms with Gasteiger partial charge in [-0.15, -0.1) is 0 Å². The molecule has 0 unspecified atom stereocenters. The van der Waals surface area contributed by atoms with Gasteiger partial charge in [0, 0.05) is 12.0 Å². The first-order chi connectivity index (χ1) is 8.69. The summed E-state index contributed by atoms with van der Waals surface area (Å²) >= 11 is 0. The second-order valence-corrected chi connectivity index (χ2v) is 3.70. The van der Waals surface area contributed by atoms with E-state index in [0.717, 1.165) is 5.56 Å². The Bertz CT molecular complexity index is 537. The van der Waals surface area contributed by atoms with Crippen molar-refractivity contribution in [3.63, 3.8) is 0 Å². The van der Waals surface area contributed by atoms with Crippen LogP contribution in [0.5, 0.6) is 0 Å². The summed E-state index contributed by atoms with van der Waals surface area (Å²) in [4.78, 5) is 19.4. The Labute approximate surface area is 104 Å². The Hall–Kier alpha value is -2.30. The average Bonchev–Trinajstić information content (AvgIpc) is 2.40. The molecule has 0 aliphatic heterocycles. The van der Waals surface area contributed by atoms with Crippen molar-refractivity contribution in [2.24, 2.45) is 0 Å². The van der Waals surface area contributed by atoms with Crippen LogP contribution >= 0.6 is 0 Å². The smallest absolute Gasteiger partial charge is 0.224 e. The molecule has 0 atom stereocenters. The van der Waals surface area contributed by atoms with Gasteiger partial charge in [-0.1, -0.05) is 6.92 Å². The number of benzene rings is 1. The van der Waals surface area contributed by atoms with Gasteiger partial charge in [0.05, 0.1) is 18.1 Å². The number of hydrogen-bond acceptors (Lipinski definition) is 3. The number of aromatic nitrogens is 2. The molecule has 2 rings (SSSR count). The van der Waals surface area contributed by atoms with Gasteiger partial charge >= 0.3 is 0 Å². The zero-order valence-electron chi connectivity index (χ0n) is 9.85. The van der Waals surface area contributed by atoms with Crippen molar-refractivity contribution < 1.29 is 9.18 Å². The first-order valence-electron chi connectivity index (χ1n) is 5.57. The third-order valence-electron chi connectivity index (χ3n) is 2.36. The van der Waals surface area contributed by atoms with Gasteiger partial charge in [0.1, 0.15) is 5.82 Å². The normalized spacial score (nSPS) is 10.1. The quantitative estimate of drug-likeness (QED) is 0.904. The van der Waals surface area contributed by atoms with E-state index >= 15 is 0 Å². The molecule has 4 nitrogen and oxygen atoms in total. The lowest BCUT2D eigenvalue weighted by atomic mass is 10.2. The maximum absolute atomic E-state index is 12.8. The SMILES string of the molecule is CCC(=O)Nc1cnc(-c2ccc(F)cc2)nc1. The van der Waals surface area contributed by atoms with Crippen LogP contribution in [-0.4, -0.2) is 15.9 Å². The topological polar surface area (TPSA) is 54.9 Å². The highest BCUT2D eigenvalue weighted by molar-refractivity contribution is 5.90. The Kier molecular flexibility index (Phi) is 3.62. The zero-order valence-corrected chi connectivity index (χ0v) is 9.85. The van der Waals surface area contributed by atoms with Crippen LogP contribution in [-0.2, 0) is 4.79 Å². The van der Waals surface area contributed by atoms with E-state index in [9.17, 15) is 9.18 Å². The number of hydrogen-bond donors (Lipinski definition) is 1. The van der Waals surface area contributed by atoms with E-state index in [0.29, 0.717) is 17.9 Å². The fourth-order valence-corrected chi connectivity index (χ4v) is 1.39. The molecule has 5 heteroatoms. The summed E-state index contributed by atoms with van der Waals surface area (Å²) in [5.41, 5.74) is 1.28. The standard InChI is InChI=1S/C13H12FN3O/c1-2-12(18)17-11-7-15-13(16-8-11)9-3-5-10(14)6-4-9/h3-8H,2H2,1H3,(H,17,18). The highest BCUT2D eigenvalue weighted by Gasteiger charge is 2.03. The molecule has 1 amide bonds. The summed E-state index contributed by atoms with van der Waals surface area (Å²) < 4.78 is 12.8. The summed E-state index contributed by atoms with van der Waals surface area (Å²) in [6.07, 6.45) is 3.46. The largest absolute Gasteiger partial charge is 0.323 e. The number of nitrogens with zero attached hydrogens (tertiary/aromatic N) is 2. The molecule has 1 aromatic carbocycles. The van der Waals surface area contributed by atoms with Crippen LogP contribution in [0.1, 0.15) is 13.3 Å². The van der Waals surface area contributed by atoms with Crippen molar-refractivity contribution in [2.45, 2.75) is 13.3 Å². The second-order valence-electron chi connectivity index (χ2n) is 3.70. The third-order valence-corrected chi connectivity index (χ3v) is 2.36. The predicted octanol–water partition coefficient (Wildman–Crippen LogP) is 2.63. The van der Waals surface area contributed by atoms with E-state index in [2.05, 4.69) is 15.3 Å². The van der Waals surface area contributed by atoms with Crippen molar-refractivity contribution in [2.75, 3.05) is 5.32 Å². The van der Waals surface area contributed by atoms with E-state index in [1.165, 1.54) is 24.5 Å². The number of carbonyl (C=O) groups excluding carboxylic acids is 1. The fourth-order valence-electron chi connectivity index (χ4n) is 1.39. The molecule has 1 heterocycles. The van der Waals surface area contributed by atoms with Crippen molar-refractivity contribution >= 4 is 11.6 Å². The van der Waals surface area contributed by atoms with E-state index in [-0.39, 0.29) is 11.7 Å². The maximum atomic E-state index is 12.8. The van der Waals surface area contributed by atoms with Gasteiger partial charge in [-0.25, -0.2) is 14.4 Å². The number of carbonyl (C=O) groups is 1. The average molecular weight is 245 g/mol. The highest BCUT2D eigenvalue weighted by atomic mass is 19.1. The molecule has 92 valence electrons. The summed E-state index contributed by atoms with van der Waals surface area (Å²) in [6.45, 7) is 1.77. The third kappa shape index (κ3) is 2.88. The van der Waals surface area contributed by atoms with Gasteiger partial charge in [-0.05, 0) is 24.3 Å². The van der Waals surface area contributed by atoms with Gasteiger partial charge in [0.15, 0.2) is 5.82 Å². The number of anilines is 1. The van der Waals surface area contributed by atoms with Crippen LogP contribution in [0.15, 0.2) is 36.7 Å². The molecule has 0 radical (unpaired) electrons. The van der Waals surface area contributed by atoms with Crippen LogP contribution in [0.4, 0.5) is 10.1 Å². The van der Waals surface area contributed by atoms with Gasteiger partial charge in [0.2, 0.25) is 5.91 Å². The van der Waals surface area contributed by atoms with E-state index < -0.39 is 0 Å². The molecular weight excluding hydrogens is 233 g/mol. The van der Waals surface area contributed by atoms with Gasteiger partial charge < -0.3 is 5.32 Å². The maximum Gasteiger partial charge on any atom is 0.224 e. The van der Waals surface area contributed by atoms with Crippen molar-refractivity contribution in [1.29, 1.82) is 0 Å². The van der Waals surface area contributed by atoms with Gasteiger partial charge in [-0.3, -0.25) is 4.79 Å². The Morgan fingerprint density at radius 1 is 1.22 bits per heavy atom. The summed E-state index contributed by atoms with van der Waals surface area (Å²) in [6, 6.07) is 5.92. The van der Waals surface area contributed by atoms with Crippen molar-refractivity contribution in [3.8, 4) is 11.4 Å². The van der Waals surface area contributed by atoms with Crippen molar-refractivity contribution in [1.82, 2.24) is 9.97 Å². The summed E-state index contributed by atoms with van der Waals surface area (Å²) in [7, 11) is 0. The first kappa shape index (κ1) is 12.2. The van der Waals surface area contributed by atoms with E-state index in [1.54, 1.807) is 19.1 Å². The van der Waals surface area contributed by atoms with Crippen LogP contribution in [0, 0.1) is 5.82 Å². The fraction of sp³-hybridized carbons (Fsp3) is 0.154. The Morgan fingerprint density at radius 3 is 2.39 bits per heavy atom. The molecule has 0 spiro atoms. The molecule has 0 saturated carbocycles. The Morgan fingerprint density at radius 2 is 1.83 bits per heavy atom. The molecule has 0 fully saturated rings. The number of rotatable bonds is 3. The van der Waals surface area contributed by atoms with E-state index in [4.69, 9.17) is 0 Å². The molecule has 0 aliphatic carbocycles. The van der Waals surface area contributed by atoms with Crippen LogP contribution in [0.3, 0.4) is 0 Å². The molecule has 1 N–H and O–H groups in total. The molecule has 2 aromatic rings. The zero-order chi connectivity index (χ0) is 13.0. The minimum absolute atomic E-state index is 0.0897. The van der Waals surface area contributed by atoms with Crippen LogP contribution < -0.4 is 5.32 Å². The molecule has 18 heavy (non-hydrogen) atoms. The number of amides is 1. The Balaban J connectivity index is 2.17. The molecule has 1 aromatic heterocycles. The van der Waals surface area contributed by atoms with Crippen LogP contribution in [0.2, 0.25) is 0 Å². The summed E-state index contributed by atoms with van der Waals surface area (Å²) in [5.74, 6) is 0.100. The molecule has 0 bridgehead atoms. The predicted molar refractivity (Wildman–Crippen MR) is 66.3 cm³/mol. The first-order valence-corrected chi connectivity index (χ1v) is 5.57. The minimum atomic E-state index is -0.300. The molecular formula is C13H12FN3O. The minimum Gasteiger partial charge on any atom is -0.323 e. The molecule has 0 saturated heterocycles. The number of halogens is 1. The second kappa shape index (κ2) is 5.35. The van der Waals surface area contributed by atoms with Crippen molar-refractivity contribution in [3.05, 3.63) is 42.5 Å². The van der Waals surface area contributed by atoms with E-state index in [1.807, 2.05) is 0 Å². The lowest BCUT2D eigenvalue weighted by Crippen LogP contribution is -2.10.